The summed E-state index contributed by atoms with van der Waals surface area (Å²) in [7, 11) is 0. The highest BCUT2D eigenvalue weighted by Crippen LogP contribution is 2.20. The maximum absolute atomic E-state index is 13.3. The van der Waals surface area contributed by atoms with E-state index < -0.39 is 0 Å². The van der Waals surface area contributed by atoms with Crippen LogP contribution >= 0.6 is 11.8 Å². The van der Waals surface area contributed by atoms with E-state index in [1.165, 1.54) is 6.07 Å². The lowest BCUT2D eigenvalue weighted by Crippen LogP contribution is -2.19. The Morgan fingerprint density at radius 1 is 1.35 bits per heavy atom. The molecule has 4 heteroatoms. The van der Waals surface area contributed by atoms with Crippen molar-refractivity contribution in [3.8, 4) is 5.75 Å². The van der Waals surface area contributed by atoms with Gasteiger partial charge in [0.25, 0.3) is 0 Å². The molecular weight excluding hydrogens is 273 g/mol. The SMILES string of the molecule is CCSCCCOc1ccc(F)cc1CNCC(C)C. The molecule has 0 heterocycles. The molecule has 0 spiro atoms. The molecule has 0 unspecified atom stereocenters. The molecule has 0 saturated heterocycles. The Morgan fingerprint density at radius 2 is 2.15 bits per heavy atom. The van der Waals surface area contributed by atoms with Gasteiger partial charge >= 0.3 is 0 Å². The molecule has 1 aromatic carbocycles. The van der Waals surface area contributed by atoms with E-state index in [0.717, 1.165) is 35.8 Å². The number of hydrogen-bond donors (Lipinski definition) is 1. The summed E-state index contributed by atoms with van der Waals surface area (Å²) < 4.78 is 19.1. The number of hydrogen-bond acceptors (Lipinski definition) is 3. The highest BCUT2D eigenvalue weighted by molar-refractivity contribution is 7.99. The van der Waals surface area contributed by atoms with Crippen molar-refractivity contribution in [2.24, 2.45) is 5.92 Å². The van der Waals surface area contributed by atoms with Gasteiger partial charge in [0.15, 0.2) is 0 Å². The number of benzene rings is 1. The van der Waals surface area contributed by atoms with Crippen molar-refractivity contribution in [2.45, 2.75) is 33.7 Å². The summed E-state index contributed by atoms with van der Waals surface area (Å²) in [5.74, 6) is 3.42. The zero-order valence-electron chi connectivity index (χ0n) is 12.7. The largest absolute Gasteiger partial charge is 0.493 e. The quantitative estimate of drug-likeness (QED) is 0.657. The zero-order chi connectivity index (χ0) is 14.8. The Morgan fingerprint density at radius 3 is 2.85 bits per heavy atom. The summed E-state index contributed by atoms with van der Waals surface area (Å²) in [5, 5.41) is 3.33. The van der Waals surface area contributed by atoms with E-state index in [9.17, 15) is 4.39 Å². The second kappa shape index (κ2) is 10.1. The molecular formula is C16H26FNOS. The molecule has 20 heavy (non-hydrogen) atoms. The second-order valence-electron chi connectivity index (χ2n) is 5.18. The highest BCUT2D eigenvalue weighted by Gasteiger charge is 2.06. The molecule has 0 fully saturated rings. The Bertz CT molecular complexity index is 385. The van der Waals surface area contributed by atoms with Gasteiger partial charge in [-0.3, -0.25) is 0 Å². The van der Waals surface area contributed by atoms with Gasteiger partial charge in [0.05, 0.1) is 6.61 Å². The van der Waals surface area contributed by atoms with Crippen molar-refractivity contribution in [3.05, 3.63) is 29.6 Å². The van der Waals surface area contributed by atoms with Crippen LogP contribution < -0.4 is 10.1 Å². The van der Waals surface area contributed by atoms with Crippen molar-refractivity contribution in [1.82, 2.24) is 5.32 Å². The van der Waals surface area contributed by atoms with Crippen LogP contribution in [0.5, 0.6) is 5.75 Å². The Labute approximate surface area is 126 Å². The fraction of sp³-hybridized carbons (Fsp3) is 0.625. The maximum atomic E-state index is 13.3. The van der Waals surface area contributed by atoms with E-state index in [2.05, 4.69) is 26.1 Å². The fourth-order valence-corrected chi connectivity index (χ4v) is 2.42. The lowest BCUT2D eigenvalue weighted by molar-refractivity contribution is 0.313. The van der Waals surface area contributed by atoms with Gasteiger partial charge in [0.2, 0.25) is 0 Å². The normalized spacial score (nSPS) is 11.1. The Kier molecular flexibility index (Phi) is 8.70. The Hall–Kier alpha value is -0.740. The highest BCUT2D eigenvalue weighted by atomic mass is 32.2. The van der Waals surface area contributed by atoms with E-state index in [1.807, 2.05) is 11.8 Å². The number of halogens is 1. The minimum absolute atomic E-state index is 0.208. The lowest BCUT2D eigenvalue weighted by atomic mass is 10.1. The first-order valence-electron chi connectivity index (χ1n) is 7.33. The van der Waals surface area contributed by atoms with Gasteiger partial charge in [0, 0.05) is 12.1 Å². The molecule has 0 saturated carbocycles. The summed E-state index contributed by atoms with van der Waals surface area (Å²) >= 11 is 1.91. The van der Waals surface area contributed by atoms with E-state index in [0.29, 0.717) is 19.1 Å². The predicted molar refractivity (Wildman–Crippen MR) is 86.1 cm³/mol. The molecule has 0 bridgehead atoms. The van der Waals surface area contributed by atoms with Crippen LogP contribution in [0.15, 0.2) is 18.2 Å². The van der Waals surface area contributed by atoms with Gasteiger partial charge in [-0.1, -0.05) is 20.8 Å². The van der Waals surface area contributed by atoms with Crippen LogP contribution in [0.2, 0.25) is 0 Å². The van der Waals surface area contributed by atoms with E-state index in [-0.39, 0.29) is 5.82 Å². The average molecular weight is 299 g/mol. The number of rotatable bonds is 10. The molecule has 0 radical (unpaired) electrons. The second-order valence-corrected chi connectivity index (χ2v) is 6.57. The molecule has 1 rings (SSSR count). The van der Waals surface area contributed by atoms with Crippen LogP contribution in [0.4, 0.5) is 4.39 Å². The van der Waals surface area contributed by atoms with E-state index in [1.54, 1.807) is 12.1 Å². The smallest absolute Gasteiger partial charge is 0.123 e. The van der Waals surface area contributed by atoms with Gasteiger partial charge < -0.3 is 10.1 Å². The number of thioether (sulfide) groups is 1. The van der Waals surface area contributed by atoms with Crippen molar-refractivity contribution in [2.75, 3.05) is 24.7 Å². The van der Waals surface area contributed by atoms with Crippen LogP contribution in [0.3, 0.4) is 0 Å². The number of nitrogens with one attached hydrogen (secondary N) is 1. The molecule has 1 N–H and O–H groups in total. The standard InChI is InChI=1S/C16H26FNOS/c1-4-20-9-5-8-19-16-7-6-15(17)10-14(16)12-18-11-13(2)3/h6-7,10,13,18H,4-5,8-9,11-12H2,1-3H3. The molecule has 0 aliphatic rings. The maximum Gasteiger partial charge on any atom is 0.123 e. The predicted octanol–water partition coefficient (Wildman–Crippen LogP) is 4.09. The first-order chi connectivity index (χ1) is 9.63. The van der Waals surface area contributed by atoms with Gasteiger partial charge in [-0.15, -0.1) is 0 Å². The van der Waals surface area contributed by atoms with E-state index >= 15 is 0 Å². The molecule has 0 aromatic heterocycles. The van der Waals surface area contributed by atoms with Crippen LogP contribution in [-0.2, 0) is 6.54 Å². The average Bonchev–Trinajstić information content (AvgIpc) is 2.40. The van der Waals surface area contributed by atoms with Gasteiger partial charge in [-0.25, -0.2) is 4.39 Å². The molecule has 2 nitrogen and oxygen atoms in total. The summed E-state index contributed by atoms with van der Waals surface area (Å²) in [5.41, 5.74) is 0.897. The number of ether oxygens (including phenoxy) is 1. The third kappa shape index (κ3) is 7.15. The monoisotopic (exact) mass is 299 g/mol. The van der Waals surface area contributed by atoms with Crippen LogP contribution in [0.25, 0.3) is 0 Å². The van der Waals surface area contributed by atoms with Crippen molar-refractivity contribution >= 4 is 11.8 Å². The third-order valence-corrected chi connectivity index (χ3v) is 3.77. The minimum atomic E-state index is -0.208. The minimum Gasteiger partial charge on any atom is -0.493 e. The third-order valence-electron chi connectivity index (χ3n) is 2.79. The summed E-state index contributed by atoms with van der Waals surface area (Å²) in [6.07, 6.45) is 1.02. The summed E-state index contributed by atoms with van der Waals surface area (Å²) in [6, 6.07) is 4.75. The summed E-state index contributed by atoms with van der Waals surface area (Å²) in [4.78, 5) is 0. The first-order valence-corrected chi connectivity index (χ1v) is 8.48. The van der Waals surface area contributed by atoms with Gasteiger partial charge in [0.1, 0.15) is 11.6 Å². The molecule has 0 aliphatic carbocycles. The molecule has 1 aromatic rings. The van der Waals surface area contributed by atoms with Gasteiger partial charge in [-0.2, -0.15) is 11.8 Å². The van der Waals surface area contributed by atoms with Crippen molar-refractivity contribution < 1.29 is 9.13 Å². The van der Waals surface area contributed by atoms with Crippen molar-refractivity contribution in [1.29, 1.82) is 0 Å². The Balaban J connectivity index is 2.47. The topological polar surface area (TPSA) is 21.3 Å². The van der Waals surface area contributed by atoms with E-state index in [4.69, 9.17) is 4.74 Å². The zero-order valence-corrected chi connectivity index (χ0v) is 13.6. The molecule has 0 aliphatic heterocycles. The van der Waals surface area contributed by atoms with Crippen LogP contribution in [0, 0.1) is 11.7 Å². The van der Waals surface area contributed by atoms with Crippen molar-refractivity contribution in [3.63, 3.8) is 0 Å². The van der Waals surface area contributed by atoms with Gasteiger partial charge in [-0.05, 0) is 48.6 Å². The lowest BCUT2D eigenvalue weighted by Gasteiger charge is -2.13. The molecule has 0 amide bonds. The fourth-order valence-electron chi connectivity index (χ4n) is 1.81. The molecule has 0 atom stereocenters. The molecule has 114 valence electrons. The summed E-state index contributed by atoms with van der Waals surface area (Å²) in [6.45, 7) is 8.72. The first kappa shape index (κ1) is 17.3. The van der Waals surface area contributed by atoms with Crippen LogP contribution in [0.1, 0.15) is 32.8 Å². The van der Waals surface area contributed by atoms with Crippen LogP contribution in [-0.4, -0.2) is 24.7 Å².